The van der Waals surface area contributed by atoms with Crippen LogP contribution in [0.2, 0.25) is 0 Å². The van der Waals surface area contributed by atoms with E-state index >= 15 is 0 Å². The van der Waals surface area contributed by atoms with E-state index in [1.54, 1.807) is 12.3 Å². The molecule has 1 aromatic heterocycles. The number of hydrogen-bond donors (Lipinski definition) is 2. The van der Waals surface area contributed by atoms with Gasteiger partial charge >= 0.3 is 0 Å². The molecule has 88 valence electrons. The van der Waals surface area contributed by atoms with Crippen LogP contribution in [0, 0.1) is 6.92 Å². The summed E-state index contributed by atoms with van der Waals surface area (Å²) in [4.78, 5) is 3.92. The maximum atomic E-state index is 11.9. The zero-order valence-electron chi connectivity index (χ0n) is 9.10. The lowest BCUT2D eigenvalue weighted by atomic mass is 10.3. The van der Waals surface area contributed by atoms with Gasteiger partial charge in [0.2, 0.25) is 0 Å². The van der Waals surface area contributed by atoms with Crippen LogP contribution in [0.4, 0.5) is 0 Å². The van der Waals surface area contributed by atoms with Crippen molar-refractivity contribution >= 4 is 10.0 Å². The lowest BCUT2D eigenvalue weighted by Crippen LogP contribution is -2.36. The molecule has 0 saturated carbocycles. The molecule has 0 bridgehead atoms. The maximum absolute atomic E-state index is 11.9. The van der Waals surface area contributed by atoms with Crippen LogP contribution in [-0.2, 0) is 10.0 Å². The Bertz CT molecular complexity index is 449. The van der Waals surface area contributed by atoms with Crippen LogP contribution in [0.15, 0.2) is 23.4 Å². The lowest BCUT2D eigenvalue weighted by molar-refractivity contribution is 0.556. The molecular weight excluding hydrogens is 226 g/mol. The quantitative estimate of drug-likeness (QED) is 0.783. The Labute approximate surface area is 95.3 Å². The minimum Gasteiger partial charge on any atom is -0.315 e. The first-order chi connectivity index (χ1) is 7.58. The van der Waals surface area contributed by atoms with Crippen LogP contribution >= 0.6 is 0 Å². The van der Waals surface area contributed by atoms with E-state index < -0.39 is 10.0 Å². The predicted molar refractivity (Wildman–Crippen MR) is 60.6 cm³/mol. The molecule has 1 aliphatic heterocycles. The molecule has 16 heavy (non-hydrogen) atoms. The van der Waals surface area contributed by atoms with Crippen molar-refractivity contribution < 1.29 is 8.42 Å². The van der Waals surface area contributed by atoms with Gasteiger partial charge in [-0.3, -0.25) is 0 Å². The first-order valence-electron chi connectivity index (χ1n) is 5.24. The van der Waals surface area contributed by atoms with Crippen molar-refractivity contribution in [3.05, 3.63) is 23.9 Å². The second-order valence-corrected chi connectivity index (χ2v) is 5.65. The van der Waals surface area contributed by atoms with Gasteiger partial charge in [0, 0.05) is 18.8 Å². The number of pyridine rings is 1. The number of nitrogens with one attached hydrogen (secondary N) is 2. The summed E-state index contributed by atoms with van der Waals surface area (Å²) in [5.74, 6) is 0. The Hall–Kier alpha value is -0.980. The summed E-state index contributed by atoms with van der Waals surface area (Å²) in [7, 11) is -3.46. The number of nitrogens with zero attached hydrogens (tertiary/aromatic N) is 1. The lowest BCUT2D eigenvalue weighted by Gasteiger charge is -2.11. The Morgan fingerprint density at radius 3 is 2.88 bits per heavy atom. The van der Waals surface area contributed by atoms with Gasteiger partial charge in [-0.25, -0.2) is 18.1 Å². The zero-order valence-corrected chi connectivity index (χ0v) is 9.92. The van der Waals surface area contributed by atoms with Crippen molar-refractivity contribution in [2.24, 2.45) is 0 Å². The van der Waals surface area contributed by atoms with Gasteiger partial charge < -0.3 is 5.32 Å². The fraction of sp³-hybridized carbons (Fsp3) is 0.500. The minimum atomic E-state index is -3.46. The topological polar surface area (TPSA) is 71.1 Å². The molecule has 6 heteroatoms. The highest BCUT2D eigenvalue weighted by Crippen LogP contribution is 2.08. The van der Waals surface area contributed by atoms with Crippen LogP contribution in [-0.4, -0.2) is 32.5 Å². The third-order valence-electron chi connectivity index (χ3n) is 2.54. The maximum Gasteiger partial charge on any atom is 0.258 e. The Morgan fingerprint density at radius 2 is 2.31 bits per heavy atom. The second-order valence-electron chi connectivity index (χ2n) is 3.98. The molecule has 1 saturated heterocycles. The molecule has 0 amide bonds. The van der Waals surface area contributed by atoms with E-state index in [1.807, 2.05) is 6.92 Å². The Balaban J connectivity index is 2.14. The van der Waals surface area contributed by atoms with Gasteiger partial charge in [0.05, 0.1) is 0 Å². The monoisotopic (exact) mass is 241 g/mol. The summed E-state index contributed by atoms with van der Waals surface area (Å²) in [6, 6.07) is 3.25. The first-order valence-corrected chi connectivity index (χ1v) is 6.72. The molecule has 0 spiro atoms. The highest BCUT2D eigenvalue weighted by Gasteiger charge is 2.23. The van der Waals surface area contributed by atoms with Crippen molar-refractivity contribution in [3.63, 3.8) is 0 Å². The van der Waals surface area contributed by atoms with Crippen LogP contribution in [0.1, 0.15) is 12.0 Å². The summed E-state index contributed by atoms with van der Waals surface area (Å²) in [5.41, 5.74) is 0.946. The third-order valence-corrected chi connectivity index (χ3v) is 3.98. The van der Waals surface area contributed by atoms with Crippen molar-refractivity contribution in [3.8, 4) is 0 Å². The number of rotatable bonds is 3. The number of sulfonamides is 1. The highest BCUT2D eigenvalue weighted by molar-refractivity contribution is 7.89. The predicted octanol–water partition coefficient (Wildman–Crippen LogP) is 0.0302. The van der Waals surface area contributed by atoms with E-state index in [-0.39, 0.29) is 11.1 Å². The summed E-state index contributed by atoms with van der Waals surface area (Å²) >= 11 is 0. The molecule has 1 aliphatic rings. The Kier molecular flexibility index (Phi) is 3.22. The summed E-state index contributed by atoms with van der Waals surface area (Å²) < 4.78 is 26.4. The van der Waals surface area contributed by atoms with Crippen LogP contribution in [0.3, 0.4) is 0 Å². The van der Waals surface area contributed by atoms with E-state index in [0.717, 1.165) is 18.5 Å². The van der Waals surface area contributed by atoms with Gasteiger partial charge in [0.25, 0.3) is 10.0 Å². The molecule has 2 N–H and O–H groups in total. The molecule has 1 fully saturated rings. The van der Waals surface area contributed by atoms with Gasteiger partial charge in [0.15, 0.2) is 5.03 Å². The molecule has 1 aromatic rings. The van der Waals surface area contributed by atoms with Crippen LogP contribution in [0.25, 0.3) is 0 Å². The SMILES string of the molecule is Cc1ccc(S(=O)(=O)N[C@@H]2CCNC2)nc1. The highest BCUT2D eigenvalue weighted by atomic mass is 32.2. The summed E-state index contributed by atoms with van der Waals surface area (Å²) in [6.07, 6.45) is 2.38. The third kappa shape index (κ3) is 2.58. The molecule has 0 radical (unpaired) electrons. The van der Waals surface area contributed by atoms with Gasteiger partial charge in [-0.1, -0.05) is 6.07 Å². The molecule has 2 rings (SSSR count). The van der Waals surface area contributed by atoms with E-state index in [4.69, 9.17) is 0 Å². The molecule has 0 aliphatic carbocycles. The normalized spacial score (nSPS) is 21.2. The van der Waals surface area contributed by atoms with Crippen LogP contribution < -0.4 is 10.0 Å². The van der Waals surface area contributed by atoms with Crippen molar-refractivity contribution in [1.82, 2.24) is 15.0 Å². The average molecular weight is 241 g/mol. The van der Waals surface area contributed by atoms with E-state index in [9.17, 15) is 8.42 Å². The first kappa shape index (κ1) is 11.5. The summed E-state index contributed by atoms with van der Waals surface area (Å²) in [6.45, 7) is 3.41. The smallest absolute Gasteiger partial charge is 0.258 e. The van der Waals surface area contributed by atoms with Crippen molar-refractivity contribution in [1.29, 1.82) is 0 Å². The van der Waals surface area contributed by atoms with Gasteiger partial charge in [-0.2, -0.15) is 0 Å². The van der Waals surface area contributed by atoms with Crippen LogP contribution in [0.5, 0.6) is 0 Å². The fourth-order valence-electron chi connectivity index (χ4n) is 1.65. The molecule has 1 atom stereocenters. The summed E-state index contributed by atoms with van der Waals surface area (Å²) in [5, 5.41) is 3.20. The van der Waals surface area contributed by atoms with Gasteiger partial charge in [-0.05, 0) is 31.5 Å². The Morgan fingerprint density at radius 1 is 1.50 bits per heavy atom. The minimum absolute atomic E-state index is 0.0203. The van der Waals surface area contributed by atoms with E-state index in [0.29, 0.717) is 6.54 Å². The number of aryl methyl sites for hydroxylation is 1. The van der Waals surface area contributed by atoms with Gasteiger partial charge in [0.1, 0.15) is 0 Å². The molecule has 5 nitrogen and oxygen atoms in total. The average Bonchev–Trinajstić information content (AvgIpc) is 2.70. The van der Waals surface area contributed by atoms with Crippen molar-refractivity contribution in [2.75, 3.05) is 13.1 Å². The van der Waals surface area contributed by atoms with E-state index in [2.05, 4.69) is 15.0 Å². The van der Waals surface area contributed by atoms with Gasteiger partial charge in [-0.15, -0.1) is 0 Å². The molecule has 0 aromatic carbocycles. The largest absolute Gasteiger partial charge is 0.315 e. The van der Waals surface area contributed by atoms with E-state index in [1.165, 1.54) is 6.07 Å². The fourth-order valence-corrected chi connectivity index (χ4v) is 2.85. The second kappa shape index (κ2) is 4.48. The van der Waals surface area contributed by atoms with Crippen molar-refractivity contribution in [2.45, 2.75) is 24.4 Å². The number of hydrogen-bond acceptors (Lipinski definition) is 4. The zero-order chi connectivity index (χ0) is 11.6. The molecule has 2 heterocycles. The standard InChI is InChI=1S/C10H15N3O2S/c1-8-2-3-10(12-6-8)16(14,15)13-9-4-5-11-7-9/h2-3,6,9,11,13H,4-5,7H2,1H3/t9-/m1/s1. The molecular formula is C10H15N3O2S. The molecule has 0 unspecified atom stereocenters. The number of aromatic nitrogens is 1.